The molecule has 2 aromatic rings. The van der Waals surface area contributed by atoms with E-state index in [-0.39, 0.29) is 16.9 Å². The second-order valence-electron chi connectivity index (χ2n) is 6.93. The van der Waals surface area contributed by atoms with Gasteiger partial charge in [0.1, 0.15) is 5.75 Å². The standard InChI is InChI=1S/C18H25N3O4S/c1-12(2)21-26(22,23)14-9-10-16(24-3)15(11-14)17-19-18(25-20-17)13-7-5-4-6-8-13/h9-13,21H,4-8H2,1-3H3. The number of aromatic nitrogens is 2. The molecular formula is C18H25N3O4S. The molecule has 1 N–H and O–H groups in total. The summed E-state index contributed by atoms with van der Waals surface area (Å²) in [6.07, 6.45) is 5.67. The Hall–Kier alpha value is -1.93. The van der Waals surface area contributed by atoms with Crippen molar-refractivity contribution in [2.75, 3.05) is 7.11 Å². The lowest BCUT2D eigenvalue weighted by Crippen LogP contribution is -2.30. The first-order valence-corrected chi connectivity index (χ1v) is 10.4. The van der Waals surface area contributed by atoms with Crippen molar-refractivity contribution in [2.45, 2.75) is 62.8 Å². The molecule has 1 fully saturated rings. The molecule has 0 amide bonds. The molecule has 0 radical (unpaired) electrons. The summed E-state index contributed by atoms with van der Waals surface area (Å²) < 4.78 is 38.3. The van der Waals surface area contributed by atoms with E-state index >= 15 is 0 Å². The molecule has 7 nitrogen and oxygen atoms in total. The van der Waals surface area contributed by atoms with Gasteiger partial charge in [-0.25, -0.2) is 13.1 Å². The highest BCUT2D eigenvalue weighted by molar-refractivity contribution is 7.89. The number of rotatable bonds is 6. The lowest BCUT2D eigenvalue weighted by Gasteiger charge is -2.17. The Morgan fingerprint density at radius 3 is 2.62 bits per heavy atom. The van der Waals surface area contributed by atoms with Gasteiger partial charge in [-0.2, -0.15) is 4.98 Å². The number of nitrogens with one attached hydrogen (secondary N) is 1. The molecule has 0 aliphatic heterocycles. The lowest BCUT2D eigenvalue weighted by molar-refractivity contribution is 0.314. The molecule has 26 heavy (non-hydrogen) atoms. The summed E-state index contributed by atoms with van der Waals surface area (Å²) >= 11 is 0. The maximum atomic E-state index is 12.5. The van der Waals surface area contributed by atoms with Crippen molar-refractivity contribution >= 4 is 10.0 Å². The summed E-state index contributed by atoms with van der Waals surface area (Å²) in [7, 11) is -2.09. The van der Waals surface area contributed by atoms with Gasteiger partial charge in [-0.1, -0.05) is 24.4 Å². The number of benzene rings is 1. The summed E-state index contributed by atoms with van der Waals surface area (Å²) in [5.41, 5.74) is 0.505. The van der Waals surface area contributed by atoms with Crippen molar-refractivity contribution in [3.8, 4) is 17.1 Å². The number of hydrogen-bond acceptors (Lipinski definition) is 6. The number of hydrogen-bond donors (Lipinski definition) is 1. The Labute approximate surface area is 154 Å². The van der Waals surface area contributed by atoms with Crippen LogP contribution in [-0.2, 0) is 10.0 Å². The molecule has 1 saturated carbocycles. The number of sulfonamides is 1. The largest absolute Gasteiger partial charge is 0.496 e. The van der Waals surface area contributed by atoms with Crippen LogP contribution in [0.3, 0.4) is 0 Å². The van der Waals surface area contributed by atoms with Crippen molar-refractivity contribution in [1.82, 2.24) is 14.9 Å². The van der Waals surface area contributed by atoms with E-state index in [0.29, 0.717) is 23.0 Å². The SMILES string of the molecule is COc1ccc(S(=O)(=O)NC(C)C)cc1-c1noc(C2CCCCC2)n1. The molecule has 142 valence electrons. The molecule has 1 heterocycles. The van der Waals surface area contributed by atoms with Crippen LogP contribution in [0.1, 0.15) is 57.8 Å². The van der Waals surface area contributed by atoms with E-state index < -0.39 is 10.0 Å². The van der Waals surface area contributed by atoms with E-state index in [2.05, 4.69) is 14.9 Å². The monoisotopic (exact) mass is 379 g/mol. The van der Waals surface area contributed by atoms with Crippen molar-refractivity contribution in [3.05, 3.63) is 24.1 Å². The molecule has 1 aromatic heterocycles. The fraction of sp³-hybridized carbons (Fsp3) is 0.556. The maximum Gasteiger partial charge on any atom is 0.240 e. The molecule has 0 bridgehead atoms. The van der Waals surface area contributed by atoms with Crippen LogP contribution in [-0.4, -0.2) is 31.7 Å². The Kier molecular flexibility index (Phi) is 5.62. The highest BCUT2D eigenvalue weighted by Gasteiger charge is 2.24. The van der Waals surface area contributed by atoms with Crippen molar-refractivity contribution in [1.29, 1.82) is 0 Å². The fourth-order valence-corrected chi connectivity index (χ4v) is 4.54. The van der Waals surface area contributed by atoms with E-state index in [0.717, 1.165) is 12.8 Å². The normalized spacial score (nSPS) is 16.2. The topological polar surface area (TPSA) is 94.3 Å². The summed E-state index contributed by atoms with van der Waals surface area (Å²) in [4.78, 5) is 4.67. The molecule has 0 saturated heterocycles. The van der Waals surface area contributed by atoms with Gasteiger partial charge in [0, 0.05) is 12.0 Å². The number of nitrogens with zero attached hydrogens (tertiary/aromatic N) is 2. The van der Waals surface area contributed by atoms with Crippen LogP contribution in [0.5, 0.6) is 5.75 Å². The van der Waals surface area contributed by atoms with Gasteiger partial charge in [-0.3, -0.25) is 0 Å². The van der Waals surface area contributed by atoms with Gasteiger partial charge in [-0.15, -0.1) is 0 Å². The fourth-order valence-electron chi connectivity index (χ4n) is 3.27. The zero-order chi connectivity index (χ0) is 18.7. The van der Waals surface area contributed by atoms with E-state index in [4.69, 9.17) is 9.26 Å². The third-order valence-corrected chi connectivity index (χ3v) is 6.17. The van der Waals surface area contributed by atoms with Crippen LogP contribution in [0, 0.1) is 0 Å². The number of methoxy groups -OCH3 is 1. The van der Waals surface area contributed by atoms with E-state index in [1.54, 1.807) is 19.9 Å². The third-order valence-electron chi connectivity index (χ3n) is 4.51. The van der Waals surface area contributed by atoms with Gasteiger partial charge >= 0.3 is 0 Å². The zero-order valence-corrected chi connectivity index (χ0v) is 16.2. The zero-order valence-electron chi connectivity index (χ0n) is 15.4. The van der Waals surface area contributed by atoms with Crippen LogP contribution >= 0.6 is 0 Å². The Balaban J connectivity index is 1.96. The van der Waals surface area contributed by atoms with E-state index in [1.165, 1.54) is 38.5 Å². The number of ether oxygens (including phenoxy) is 1. The molecule has 1 aliphatic carbocycles. The van der Waals surface area contributed by atoms with Crippen molar-refractivity contribution in [3.63, 3.8) is 0 Å². The molecule has 3 rings (SSSR count). The Morgan fingerprint density at radius 1 is 1.23 bits per heavy atom. The van der Waals surface area contributed by atoms with Gasteiger partial charge in [-0.05, 0) is 44.9 Å². The predicted molar refractivity (Wildman–Crippen MR) is 97.6 cm³/mol. The molecular weight excluding hydrogens is 354 g/mol. The summed E-state index contributed by atoms with van der Waals surface area (Å²) in [6.45, 7) is 3.55. The molecule has 0 spiro atoms. The summed E-state index contributed by atoms with van der Waals surface area (Å²) in [6, 6.07) is 4.45. The van der Waals surface area contributed by atoms with E-state index in [9.17, 15) is 8.42 Å². The first-order valence-electron chi connectivity index (χ1n) is 8.95. The molecule has 1 aromatic carbocycles. The molecule has 1 aliphatic rings. The quantitative estimate of drug-likeness (QED) is 0.826. The van der Waals surface area contributed by atoms with Gasteiger partial charge in [0.15, 0.2) is 0 Å². The van der Waals surface area contributed by atoms with Crippen LogP contribution < -0.4 is 9.46 Å². The second kappa shape index (κ2) is 7.75. The summed E-state index contributed by atoms with van der Waals surface area (Å²) in [5.74, 6) is 1.76. The highest BCUT2D eigenvalue weighted by Crippen LogP contribution is 2.35. The van der Waals surface area contributed by atoms with Crippen LogP contribution in [0.2, 0.25) is 0 Å². The van der Waals surface area contributed by atoms with Crippen molar-refractivity contribution in [2.24, 2.45) is 0 Å². The minimum Gasteiger partial charge on any atom is -0.496 e. The molecule has 0 unspecified atom stereocenters. The average Bonchev–Trinajstić information content (AvgIpc) is 3.11. The lowest BCUT2D eigenvalue weighted by atomic mass is 9.89. The van der Waals surface area contributed by atoms with Crippen molar-refractivity contribution < 1.29 is 17.7 Å². The Morgan fingerprint density at radius 2 is 1.96 bits per heavy atom. The minimum absolute atomic E-state index is 0.144. The van der Waals surface area contributed by atoms with Gasteiger partial charge in [0.2, 0.25) is 21.7 Å². The first kappa shape index (κ1) is 18.8. The second-order valence-corrected chi connectivity index (χ2v) is 8.64. The van der Waals surface area contributed by atoms with E-state index in [1.807, 2.05) is 0 Å². The first-order chi connectivity index (χ1) is 12.4. The third kappa shape index (κ3) is 4.07. The van der Waals surface area contributed by atoms with Gasteiger partial charge in [0.25, 0.3) is 0 Å². The predicted octanol–water partition coefficient (Wildman–Crippen LogP) is 3.48. The minimum atomic E-state index is -3.62. The van der Waals surface area contributed by atoms with Crippen LogP contribution in [0.4, 0.5) is 0 Å². The summed E-state index contributed by atoms with van der Waals surface area (Å²) in [5, 5.41) is 4.07. The van der Waals surface area contributed by atoms with Crippen LogP contribution in [0.25, 0.3) is 11.4 Å². The van der Waals surface area contributed by atoms with Gasteiger partial charge in [0.05, 0.1) is 17.6 Å². The molecule has 0 atom stereocenters. The maximum absolute atomic E-state index is 12.5. The van der Waals surface area contributed by atoms with Crippen LogP contribution in [0.15, 0.2) is 27.6 Å². The molecule has 8 heteroatoms. The Bertz CT molecular complexity index is 855. The highest BCUT2D eigenvalue weighted by atomic mass is 32.2. The van der Waals surface area contributed by atoms with Gasteiger partial charge < -0.3 is 9.26 Å². The average molecular weight is 379 g/mol. The smallest absolute Gasteiger partial charge is 0.240 e.